The molecule has 8 nitrogen and oxygen atoms in total. The van der Waals surface area contributed by atoms with Crippen LogP contribution >= 0.6 is 11.6 Å². The van der Waals surface area contributed by atoms with Gasteiger partial charge >= 0.3 is 0 Å². The van der Waals surface area contributed by atoms with Crippen LogP contribution in [0.4, 0.5) is 27.6 Å². The van der Waals surface area contributed by atoms with Crippen LogP contribution in [0.2, 0.25) is 5.02 Å². The molecular formula is C32H28ClF5N6O2. The third kappa shape index (κ3) is 5.14. The van der Waals surface area contributed by atoms with E-state index >= 15 is 8.78 Å². The van der Waals surface area contributed by atoms with Crippen LogP contribution in [0.5, 0.6) is 0 Å². The smallest absolute Gasteiger partial charge is 0.272 e. The van der Waals surface area contributed by atoms with E-state index in [1.165, 1.54) is 16.7 Å². The molecule has 0 radical (unpaired) electrons. The molecule has 14 heteroatoms. The Morgan fingerprint density at radius 1 is 1.11 bits per heavy atom. The quantitative estimate of drug-likeness (QED) is 0.139. The normalized spacial score (nSPS) is 19.9. The van der Waals surface area contributed by atoms with Gasteiger partial charge in [-0.2, -0.15) is 5.26 Å². The molecule has 5 rings (SSSR count). The zero-order valence-corrected chi connectivity index (χ0v) is 26.0. The average molecular weight is 659 g/mol. The number of nitriles is 1. The molecule has 0 aliphatic carbocycles. The summed E-state index contributed by atoms with van der Waals surface area (Å²) in [4.78, 5) is 38.9. The van der Waals surface area contributed by atoms with Crippen LogP contribution in [0.25, 0.3) is 22.3 Å². The van der Waals surface area contributed by atoms with Gasteiger partial charge in [-0.25, -0.2) is 26.9 Å². The molecule has 1 aromatic carbocycles. The zero-order chi connectivity index (χ0) is 33.8. The molecule has 2 aliphatic rings. The predicted molar refractivity (Wildman–Crippen MR) is 164 cm³/mol. The highest BCUT2D eigenvalue weighted by molar-refractivity contribution is 6.34. The highest BCUT2D eigenvalue weighted by Gasteiger charge is 2.36. The number of piperazine rings is 1. The second kappa shape index (κ2) is 12.3. The van der Waals surface area contributed by atoms with Crippen LogP contribution in [-0.2, 0) is 4.79 Å². The minimum atomic E-state index is -2.35. The molecule has 3 aromatic rings. The number of rotatable bonds is 5. The number of carbonyl (C=O) groups excluding carboxylic acids is 1. The molecule has 2 aromatic heterocycles. The lowest BCUT2D eigenvalue weighted by molar-refractivity contribution is -0.128. The lowest BCUT2D eigenvalue weighted by Crippen LogP contribution is -2.54. The van der Waals surface area contributed by atoms with Gasteiger partial charge in [-0.05, 0) is 25.0 Å². The first kappa shape index (κ1) is 32.8. The molecule has 2 unspecified atom stereocenters. The van der Waals surface area contributed by atoms with E-state index in [1.807, 2.05) is 19.9 Å². The second-order valence-electron chi connectivity index (χ2n) is 11.5. The Balaban J connectivity index is 1.89. The van der Waals surface area contributed by atoms with Crippen molar-refractivity contribution >= 4 is 39.9 Å². The van der Waals surface area contributed by atoms with Gasteiger partial charge in [0.05, 0.1) is 28.0 Å². The SMILES string of the molecule is C=CC(=O)N1CCN(c2c(C#N)c(=O)n(C3C(C(C)C)=NC=CC3C)c3nc(-c4c(F)c(F)c(F)c(F)c4F)c(Cl)cc23)C[C@H]1C. The van der Waals surface area contributed by atoms with Gasteiger partial charge in [0, 0.05) is 48.9 Å². The minimum absolute atomic E-state index is 0.108. The Bertz CT molecular complexity index is 1940. The summed E-state index contributed by atoms with van der Waals surface area (Å²) in [6.07, 6.45) is 4.49. The fourth-order valence-corrected chi connectivity index (χ4v) is 6.39. The van der Waals surface area contributed by atoms with Gasteiger partial charge < -0.3 is 9.80 Å². The summed E-state index contributed by atoms with van der Waals surface area (Å²) >= 11 is 6.51. The molecule has 240 valence electrons. The van der Waals surface area contributed by atoms with Crippen molar-refractivity contribution in [3.05, 3.63) is 81.0 Å². The van der Waals surface area contributed by atoms with Crippen molar-refractivity contribution in [3.63, 3.8) is 0 Å². The molecule has 46 heavy (non-hydrogen) atoms. The average Bonchev–Trinajstić information content (AvgIpc) is 3.02. The van der Waals surface area contributed by atoms with Crippen molar-refractivity contribution in [1.29, 1.82) is 5.26 Å². The first-order valence-electron chi connectivity index (χ1n) is 14.4. The third-order valence-electron chi connectivity index (χ3n) is 8.35. The van der Waals surface area contributed by atoms with E-state index in [-0.39, 0.29) is 59.8 Å². The lowest BCUT2D eigenvalue weighted by Gasteiger charge is -2.41. The number of anilines is 1. The Morgan fingerprint density at radius 3 is 2.30 bits per heavy atom. The van der Waals surface area contributed by atoms with E-state index in [0.717, 1.165) is 0 Å². The maximum absolute atomic E-state index is 15.1. The van der Waals surface area contributed by atoms with Gasteiger partial charge in [-0.15, -0.1) is 0 Å². The van der Waals surface area contributed by atoms with Crippen molar-refractivity contribution in [2.45, 2.75) is 39.8 Å². The molecule has 3 atom stereocenters. The molecular weight excluding hydrogens is 631 g/mol. The van der Waals surface area contributed by atoms with Crippen molar-refractivity contribution < 1.29 is 26.7 Å². The summed E-state index contributed by atoms with van der Waals surface area (Å²) in [5, 5.41) is 10.0. The highest BCUT2D eigenvalue weighted by atomic mass is 35.5. The van der Waals surface area contributed by atoms with E-state index in [9.17, 15) is 28.0 Å². The number of fused-ring (bicyclic) bond motifs is 1. The van der Waals surface area contributed by atoms with Gasteiger partial charge in [0.2, 0.25) is 11.7 Å². The third-order valence-corrected chi connectivity index (χ3v) is 8.64. The Hall–Kier alpha value is -4.57. The first-order chi connectivity index (χ1) is 21.7. The van der Waals surface area contributed by atoms with Crippen molar-refractivity contribution in [1.82, 2.24) is 14.5 Å². The number of aliphatic imine (C=N–C) groups is 1. The van der Waals surface area contributed by atoms with Crippen LogP contribution in [0.15, 0.2) is 40.8 Å². The topological polar surface area (TPSA) is 94.6 Å². The lowest BCUT2D eigenvalue weighted by atomic mass is 9.88. The molecule has 1 amide bonds. The summed E-state index contributed by atoms with van der Waals surface area (Å²) in [6.45, 7) is 11.4. The number of hydrogen-bond acceptors (Lipinski definition) is 6. The maximum Gasteiger partial charge on any atom is 0.272 e. The van der Waals surface area contributed by atoms with E-state index in [4.69, 9.17) is 11.6 Å². The first-order valence-corrected chi connectivity index (χ1v) is 14.8. The fourth-order valence-electron chi connectivity index (χ4n) is 6.14. The molecule has 0 bridgehead atoms. The summed E-state index contributed by atoms with van der Waals surface area (Å²) in [5.74, 6) is -11.9. The van der Waals surface area contributed by atoms with Gasteiger partial charge in [-0.3, -0.25) is 19.1 Å². The Morgan fingerprint density at radius 2 is 1.74 bits per heavy atom. The fraction of sp³-hybridized carbons (Fsp3) is 0.344. The standard InChI is InChI=1S/C32H28ClF5N6O2/c1-6-20(45)43-10-9-42(13-16(43)5)30-17-11-19(33)28(21-22(34)24(36)26(38)25(37)23(21)35)41-31(17)44(32(46)18(30)12-39)29-15(4)7-8-40-27(29)14(2)3/h6-8,11,14-16,29H,1,9-10,13H2,2-5H3/t15?,16-,29?/m1/s1. The number of amides is 1. The number of benzene rings is 1. The Labute approximate surface area is 265 Å². The van der Waals surface area contributed by atoms with Crippen LogP contribution in [-0.4, -0.2) is 51.7 Å². The van der Waals surface area contributed by atoms with Crippen LogP contribution in [0.1, 0.15) is 39.3 Å². The molecule has 1 saturated heterocycles. The van der Waals surface area contributed by atoms with Crippen LogP contribution in [0.3, 0.4) is 0 Å². The number of carbonyl (C=O) groups is 1. The number of pyridine rings is 2. The highest BCUT2D eigenvalue weighted by Crippen LogP contribution is 2.40. The van der Waals surface area contributed by atoms with Crippen molar-refractivity contribution in [2.24, 2.45) is 16.8 Å². The van der Waals surface area contributed by atoms with E-state index in [0.29, 0.717) is 5.71 Å². The van der Waals surface area contributed by atoms with Crippen molar-refractivity contribution in [3.8, 4) is 17.3 Å². The molecule has 0 saturated carbocycles. The predicted octanol–water partition coefficient (Wildman–Crippen LogP) is 6.31. The molecule has 2 aliphatic heterocycles. The number of hydrogen-bond donors (Lipinski definition) is 0. The van der Waals surface area contributed by atoms with Gasteiger partial charge in [0.25, 0.3) is 5.56 Å². The molecule has 4 heterocycles. The van der Waals surface area contributed by atoms with Gasteiger partial charge in [0.15, 0.2) is 23.3 Å². The van der Waals surface area contributed by atoms with Crippen LogP contribution < -0.4 is 10.5 Å². The van der Waals surface area contributed by atoms with Gasteiger partial charge in [-0.1, -0.05) is 45.0 Å². The zero-order valence-electron chi connectivity index (χ0n) is 25.2. The largest absolute Gasteiger partial charge is 0.366 e. The van der Waals surface area contributed by atoms with E-state index in [2.05, 4.69) is 16.6 Å². The Kier molecular flexibility index (Phi) is 8.79. The summed E-state index contributed by atoms with van der Waals surface area (Å²) in [7, 11) is 0. The second-order valence-corrected chi connectivity index (χ2v) is 11.9. The number of halogens is 6. The van der Waals surface area contributed by atoms with E-state index in [1.54, 1.807) is 35.9 Å². The summed E-state index contributed by atoms with van der Waals surface area (Å²) < 4.78 is 74.0. The molecule has 0 spiro atoms. The summed E-state index contributed by atoms with van der Waals surface area (Å²) in [6, 6.07) is 1.97. The van der Waals surface area contributed by atoms with Gasteiger partial charge in [0.1, 0.15) is 17.3 Å². The minimum Gasteiger partial charge on any atom is -0.366 e. The molecule has 0 N–H and O–H groups in total. The maximum atomic E-state index is 15.1. The number of nitrogens with zero attached hydrogens (tertiary/aromatic N) is 6. The van der Waals surface area contributed by atoms with Crippen molar-refractivity contribution in [2.75, 3.05) is 24.5 Å². The molecule has 1 fully saturated rings. The number of aromatic nitrogens is 2. The monoisotopic (exact) mass is 658 g/mol. The van der Waals surface area contributed by atoms with Crippen LogP contribution in [0, 0.1) is 52.3 Å². The van der Waals surface area contributed by atoms with E-state index < -0.39 is 62.9 Å². The number of allylic oxidation sites excluding steroid dienone is 1. The summed E-state index contributed by atoms with van der Waals surface area (Å²) in [5.41, 5.74) is -2.81.